The van der Waals surface area contributed by atoms with Gasteiger partial charge >= 0.3 is 11.2 Å². The van der Waals surface area contributed by atoms with Gasteiger partial charge in [-0.1, -0.05) is 11.8 Å². The highest BCUT2D eigenvalue weighted by Crippen LogP contribution is 2.28. The fourth-order valence-corrected chi connectivity index (χ4v) is 0.618. The quantitative estimate of drug-likeness (QED) is 0.699. The van der Waals surface area contributed by atoms with Crippen molar-refractivity contribution < 1.29 is 23.1 Å². The van der Waals surface area contributed by atoms with Crippen LogP contribution < -0.4 is 0 Å². The van der Waals surface area contributed by atoms with Crippen molar-refractivity contribution in [3.63, 3.8) is 0 Å². The Morgan fingerprint density at radius 2 is 2.10 bits per heavy atom. The summed E-state index contributed by atoms with van der Waals surface area (Å²) in [6, 6.07) is 0. The molecule has 0 spiro atoms. The Balaban J connectivity index is 3.56. The lowest BCUT2D eigenvalue weighted by atomic mass is 10.8. The van der Waals surface area contributed by atoms with Crippen molar-refractivity contribution in [1.29, 1.82) is 0 Å². The maximum absolute atomic E-state index is 11.8. The summed E-state index contributed by atoms with van der Waals surface area (Å²) >= 11 is -0.221. The number of rotatable bonds is 4. The van der Waals surface area contributed by atoms with Crippen LogP contribution in [0.15, 0.2) is 0 Å². The second-order valence-corrected chi connectivity index (χ2v) is 2.63. The monoisotopic (exact) mass is 174 g/mol. The van der Waals surface area contributed by atoms with Crippen LogP contribution in [0.3, 0.4) is 0 Å². The molecule has 0 aromatic heterocycles. The lowest BCUT2D eigenvalue weighted by Gasteiger charge is -2.08. The summed E-state index contributed by atoms with van der Waals surface area (Å²) in [5, 5.41) is 4.34. The normalized spacial score (nSPS) is 11.5. The van der Waals surface area contributed by atoms with Gasteiger partial charge in [-0.2, -0.15) is 8.78 Å². The number of carboxylic acids is 1. The van der Waals surface area contributed by atoms with E-state index in [1.54, 1.807) is 0 Å². The smallest absolute Gasteiger partial charge is 0.322 e. The molecule has 0 rings (SSSR count). The van der Waals surface area contributed by atoms with Crippen molar-refractivity contribution in [3.8, 4) is 0 Å². The molecule has 10 heavy (non-hydrogen) atoms. The van der Waals surface area contributed by atoms with Crippen LogP contribution in [0, 0.1) is 0 Å². The zero-order valence-corrected chi connectivity index (χ0v) is 5.63. The van der Waals surface area contributed by atoms with E-state index < -0.39 is 23.7 Å². The molecule has 0 aliphatic heterocycles. The van der Waals surface area contributed by atoms with Crippen molar-refractivity contribution in [2.24, 2.45) is 0 Å². The average Bonchev–Trinajstić information content (AvgIpc) is 1.85. The Labute approximate surface area is 59.4 Å². The van der Waals surface area contributed by atoms with Gasteiger partial charge in [0.2, 0.25) is 0 Å². The Hall–Kier alpha value is -0.390. The molecule has 0 atom stereocenters. The van der Waals surface area contributed by atoms with Crippen LogP contribution in [0.25, 0.3) is 0 Å². The SMILES string of the molecule is O=C(O)CSC(F)(F)CF. The Kier molecular flexibility index (Phi) is 3.55. The maximum Gasteiger partial charge on any atom is 0.322 e. The van der Waals surface area contributed by atoms with E-state index in [1.807, 2.05) is 0 Å². The van der Waals surface area contributed by atoms with Gasteiger partial charge in [0.25, 0.3) is 0 Å². The predicted molar refractivity (Wildman–Crippen MR) is 31.0 cm³/mol. The number of carbonyl (C=O) groups is 1. The molecule has 0 fully saturated rings. The second-order valence-electron chi connectivity index (χ2n) is 1.45. The molecule has 0 aliphatic carbocycles. The van der Waals surface area contributed by atoms with Gasteiger partial charge in [0.05, 0.1) is 5.75 Å². The number of alkyl halides is 3. The third-order valence-electron chi connectivity index (χ3n) is 0.562. The summed E-state index contributed by atoms with van der Waals surface area (Å²) in [5.74, 6) is -2.16. The number of thioether (sulfide) groups is 1. The van der Waals surface area contributed by atoms with Crippen LogP contribution >= 0.6 is 11.8 Å². The van der Waals surface area contributed by atoms with Crippen LogP contribution in [0.2, 0.25) is 0 Å². The molecule has 60 valence electrons. The summed E-state index contributed by atoms with van der Waals surface area (Å²) in [6.07, 6.45) is 0. The molecular weight excluding hydrogens is 169 g/mol. The van der Waals surface area contributed by atoms with Gasteiger partial charge < -0.3 is 5.11 Å². The molecule has 1 N–H and O–H groups in total. The molecule has 0 heterocycles. The van der Waals surface area contributed by atoms with Gasteiger partial charge in [-0.25, -0.2) is 4.39 Å². The van der Waals surface area contributed by atoms with Gasteiger partial charge in [0, 0.05) is 0 Å². The van der Waals surface area contributed by atoms with Crippen LogP contribution in [0.1, 0.15) is 0 Å². The largest absolute Gasteiger partial charge is 0.481 e. The van der Waals surface area contributed by atoms with E-state index in [0.717, 1.165) is 0 Å². The van der Waals surface area contributed by atoms with Gasteiger partial charge in [0.1, 0.15) is 0 Å². The highest BCUT2D eigenvalue weighted by atomic mass is 32.2. The van der Waals surface area contributed by atoms with Crippen molar-refractivity contribution in [3.05, 3.63) is 0 Å². The first-order chi connectivity index (χ1) is 4.48. The maximum atomic E-state index is 11.8. The van der Waals surface area contributed by atoms with E-state index in [-0.39, 0.29) is 11.8 Å². The molecule has 0 aliphatic rings. The highest BCUT2D eigenvalue weighted by molar-refractivity contribution is 8.00. The Morgan fingerprint density at radius 3 is 2.40 bits per heavy atom. The first kappa shape index (κ1) is 9.61. The summed E-state index contributed by atoms with van der Waals surface area (Å²) in [5.41, 5.74) is 0. The summed E-state index contributed by atoms with van der Waals surface area (Å²) in [7, 11) is 0. The zero-order valence-electron chi connectivity index (χ0n) is 4.81. The molecule has 0 saturated carbocycles. The molecule has 0 saturated heterocycles. The predicted octanol–water partition coefficient (Wildman–Crippen LogP) is 1.37. The van der Waals surface area contributed by atoms with Crippen molar-refractivity contribution in [2.75, 3.05) is 12.4 Å². The molecule has 0 bridgehead atoms. The first-order valence-corrected chi connectivity index (χ1v) is 3.26. The van der Waals surface area contributed by atoms with E-state index in [4.69, 9.17) is 5.11 Å². The second kappa shape index (κ2) is 3.70. The number of aliphatic carboxylic acids is 1. The lowest BCUT2D eigenvalue weighted by Crippen LogP contribution is -2.16. The molecule has 0 radical (unpaired) electrons. The molecule has 2 nitrogen and oxygen atoms in total. The van der Waals surface area contributed by atoms with E-state index in [9.17, 15) is 18.0 Å². The Bertz CT molecular complexity index is 128. The minimum atomic E-state index is -3.56. The molecule has 6 heteroatoms. The van der Waals surface area contributed by atoms with E-state index in [2.05, 4.69) is 0 Å². The Morgan fingerprint density at radius 1 is 1.60 bits per heavy atom. The van der Waals surface area contributed by atoms with E-state index >= 15 is 0 Å². The topological polar surface area (TPSA) is 37.3 Å². The van der Waals surface area contributed by atoms with Crippen molar-refractivity contribution in [1.82, 2.24) is 0 Å². The molecule has 0 unspecified atom stereocenters. The molecule has 0 aromatic rings. The average molecular weight is 174 g/mol. The number of halogens is 3. The summed E-state index contributed by atoms with van der Waals surface area (Å²) in [4.78, 5) is 9.69. The van der Waals surface area contributed by atoms with E-state index in [0.29, 0.717) is 0 Å². The lowest BCUT2D eigenvalue weighted by molar-refractivity contribution is -0.134. The minimum absolute atomic E-state index is 0.221. The first-order valence-electron chi connectivity index (χ1n) is 2.27. The summed E-state index contributed by atoms with van der Waals surface area (Å²) < 4.78 is 34.9. The fraction of sp³-hybridized carbons (Fsp3) is 0.750. The van der Waals surface area contributed by atoms with Crippen LogP contribution in [0.5, 0.6) is 0 Å². The third-order valence-corrected chi connectivity index (χ3v) is 1.49. The number of carboxylic acid groups (broad SMARTS) is 1. The number of hydrogen-bond donors (Lipinski definition) is 1. The minimum Gasteiger partial charge on any atom is -0.481 e. The van der Waals surface area contributed by atoms with E-state index in [1.165, 1.54) is 0 Å². The van der Waals surface area contributed by atoms with Gasteiger partial charge in [0.15, 0.2) is 6.67 Å². The molecule has 0 amide bonds. The molecule has 0 aromatic carbocycles. The van der Waals surface area contributed by atoms with Crippen LogP contribution in [-0.4, -0.2) is 28.8 Å². The van der Waals surface area contributed by atoms with Crippen LogP contribution in [-0.2, 0) is 4.79 Å². The highest BCUT2D eigenvalue weighted by Gasteiger charge is 2.30. The standard InChI is InChI=1S/C4H5F3O2S/c5-2-4(6,7)10-1-3(8)9/h1-2H2,(H,8,9). The van der Waals surface area contributed by atoms with Gasteiger partial charge in [-0.05, 0) is 0 Å². The van der Waals surface area contributed by atoms with Gasteiger partial charge in [-0.3, -0.25) is 4.79 Å². The summed E-state index contributed by atoms with van der Waals surface area (Å²) in [6.45, 7) is -1.83. The number of hydrogen-bond acceptors (Lipinski definition) is 2. The third kappa shape index (κ3) is 4.49. The van der Waals surface area contributed by atoms with Crippen molar-refractivity contribution in [2.45, 2.75) is 5.25 Å². The van der Waals surface area contributed by atoms with Crippen molar-refractivity contribution >= 4 is 17.7 Å². The molecular formula is C4H5F3O2S. The fourth-order valence-electron chi connectivity index (χ4n) is 0.206. The van der Waals surface area contributed by atoms with Crippen LogP contribution in [0.4, 0.5) is 13.2 Å². The van der Waals surface area contributed by atoms with Gasteiger partial charge in [-0.15, -0.1) is 0 Å². The zero-order chi connectivity index (χ0) is 8.20.